The van der Waals surface area contributed by atoms with Crippen molar-refractivity contribution < 1.29 is 53.5 Å². The van der Waals surface area contributed by atoms with Crippen molar-refractivity contribution in [3.63, 3.8) is 0 Å². The van der Waals surface area contributed by atoms with Gasteiger partial charge in [0.15, 0.2) is 0 Å². The molecule has 4 nitrogen and oxygen atoms in total. The van der Waals surface area contributed by atoms with E-state index in [4.69, 9.17) is 34.8 Å². The van der Waals surface area contributed by atoms with Crippen LogP contribution in [0, 0.1) is 0 Å². The molecule has 0 heterocycles. The highest BCUT2D eigenvalue weighted by Crippen LogP contribution is 2.43. The van der Waals surface area contributed by atoms with E-state index in [1.165, 1.54) is 0 Å². The number of likely N-dealkylation sites (N-methyl/N-ethyl adjacent to an activating group) is 2. The molecule has 17 heteroatoms. The molecule has 226 valence electrons. The summed E-state index contributed by atoms with van der Waals surface area (Å²) in [5, 5.41) is -1.07. The number of rotatable bonds is 7. The van der Waals surface area contributed by atoms with Crippen molar-refractivity contribution >= 4 is 52.4 Å². The van der Waals surface area contributed by atoms with Crippen LogP contribution in [0.4, 0.5) is 43.9 Å². The van der Waals surface area contributed by atoms with Gasteiger partial charge in [0, 0.05) is 19.7 Å². The van der Waals surface area contributed by atoms with Crippen molar-refractivity contribution in [3.8, 4) is 0 Å². The van der Waals surface area contributed by atoms with Crippen molar-refractivity contribution in [2.24, 2.45) is 0 Å². The quantitative estimate of drug-likeness (QED) is 0.221. The highest BCUT2D eigenvalue weighted by Gasteiger charge is 2.41. The lowest BCUT2D eigenvalue weighted by Crippen LogP contribution is -2.43. The van der Waals surface area contributed by atoms with Crippen molar-refractivity contribution in [3.05, 3.63) is 73.7 Å². The minimum atomic E-state index is -5.33. The second-order valence-corrected chi connectivity index (χ2v) is 9.81. The van der Waals surface area contributed by atoms with E-state index in [-0.39, 0.29) is 22.1 Å². The molecule has 0 N–H and O–H groups in total. The topological polar surface area (TPSA) is 40.6 Å². The molecule has 0 aliphatic heterocycles. The second-order valence-electron chi connectivity index (χ2n) is 8.62. The zero-order valence-corrected chi connectivity index (χ0v) is 22.8. The number of nitrogens with zero attached hydrogens (tertiary/aromatic N) is 2. The Morgan fingerprint density at radius 3 is 1.88 bits per heavy atom. The molecule has 2 amide bonds. The highest BCUT2D eigenvalue weighted by molar-refractivity contribution is 6.48. The van der Waals surface area contributed by atoms with Crippen LogP contribution < -0.4 is 0 Å². The summed E-state index contributed by atoms with van der Waals surface area (Å²) in [6.45, 7) is -2.73. The maximum absolute atomic E-state index is 15.0. The molecule has 1 atom stereocenters. The number of carbonyl (C=O) groups excluding carboxylic acids is 2. The molecule has 0 radical (unpaired) electrons. The van der Waals surface area contributed by atoms with Crippen LogP contribution in [-0.4, -0.2) is 61.2 Å². The number of allylic oxidation sites excluding steroid dienone is 1. The lowest BCUT2D eigenvalue weighted by molar-refractivity contribution is -0.158. The minimum absolute atomic E-state index is 0.0197. The van der Waals surface area contributed by atoms with Crippen molar-refractivity contribution in [1.82, 2.24) is 9.80 Å². The first-order chi connectivity index (χ1) is 18.5. The van der Waals surface area contributed by atoms with E-state index in [0.29, 0.717) is 17.0 Å². The Balaban J connectivity index is 2.48. The third-order valence-corrected chi connectivity index (χ3v) is 6.62. The van der Waals surface area contributed by atoms with Crippen molar-refractivity contribution in [2.75, 3.05) is 27.2 Å². The van der Waals surface area contributed by atoms with E-state index in [9.17, 15) is 49.1 Å². The first kappa shape index (κ1) is 34.5. The predicted molar refractivity (Wildman–Crippen MR) is 131 cm³/mol. The van der Waals surface area contributed by atoms with Crippen molar-refractivity contribution in [2.45, 2.75) is 24.4 Å². The molecule has 0 saturated heterocycles. The fourth-order valence-electron chi connectivity index (χ4n) is 3.45. The summed E-state index contributed by atoms with van der Waals surface area (Å²) in [5.41, 5.74) is -4.56. The number of benzene rings is 2. The Morgan fingerprint density at radius 2 is 1.41 bits per heavy atom. The zero-order chi connectivity index (χ0) is 31.7. The molecule has 2 rings (SSSR count). The van der Waals surface area contributed by atoms with Crippen LogP contribution >= 0.6 is 34.8 Å². The number of alkyl halides is 9. The third-order valence-electron chi connectivity index (χ3n) is 5.42. The standard InChI is InChI=1S/C24H17Cl3F10N2O2/c1-38(9-19(40)39(2)10-22(29,30)31)21(41)13-4-3-11(5-15(13)24(35,36)37)18(28)8-14(23(32,33)34)12-6-16(25)20(27)17(26)7-12/h3-8,14H,9-10H2,1-2H3/b18-8-. The van der Waals surface area contributed by atoms with Gasteiger partial charge >= 0.3 is 18.5 Å². The SMILES string of the molecule is CN(CC(F)(F)F)C(=O)CN(C)C(=O)c1ccc(/C(F)=C/C(c2cc(Cl)c(Cl)c(Cl)c2)C(F)(F)F)cc1C(F)(F)F. The molecule has 0 saturated carbocycles. The summed E-state index contributed by atoms with van der Waals surface area (Å²) in [6, 6.07) is 2.65. The molecule has 2 aromatic carbocycles. The number of hydrogen-bond acceptors (Lipinski definition) is 2. The molecule has 1 unspecified atom stereocenters. The number of carbonyl (C=O) groups is 2. The van der Waals surface area contributed by atoms with Gasteiger partial charge in [-0.3, -0.25) is 9.59 Å². The number of halogens is 13. The minimum Gasteiger partial charge on any atom is -0.335 e. The predicted octanol–water partition coefficient (Wildman–Crippen LogP) is 8.41. The second kappa shape index (κ2) is 12.7. The van der Waals surface area contributed by atoms with E-state index in [0.717, 1.165) is 26.2 Å². The molecule has 2 aromatic rings. The fourth-order valence-corrected chi connectivity index (χ4v) is 4.06. The smallest absolute Gasteiger partial charge is 0.335 e. The molecule has 0 fully saturated rings. The Labute approximate surface area is 241 Å². The molecule has 0 aliphatic carbocycles. The van der Waals surface area contributed by atoms with Gasteiger partial charge in [0.2, 0.25) is 5.91 Å². The Bertz CT molecular complexity index is 1320. The molecule has 0 spiro atoms. The summed E-state index contributed by atoms with van der Waals surface area (Å²) in [4.78, 5) is 25.3. The summed E-state index contributed by atoms with van der Waals surface area (Å²) >= 11 is 17.2. The largest absolute Gasteiger partial charge is 0.417 e. The van der Waals surface area contributed by atoms with Gasteiger partial charge < -0.3 is 9.80 Å². The number of amides is 2. The molecule has 0 aliphatic rings. The third kappa shape index (κ3) is 9.14. The van der Waals surface area contributed by atoms with Gasteiger partial charge in [-0.1, -0.05) is 40.9 Å². The molecular formula is C24H17Cl3F10N2O2. The fraction of sp³-hybridized carbons (Fsp3) is 0.333. The van der Waals surface area contributed by atoms with Gasteiger partial charge in [-0.25, -0.2) is 4.39 Å². The first-order valence-electron chi connectivity index (χ1n) is 10.9. The lowest BCUT2D eigenvalue weighted by Gasteiger charge is -2.24. The average molecular weight is 662 g/mol. The zero-order valence-electron chi connectivity index (χ0n) is 20.6. The average Bonchev–Trinajstić information content (AvgIpc) is 2.82. The summed E-state index contributed by atoms with van der Waals surface area (Å²) in [6.07, 6.45) is -15.3. The van der Waals surface area contributed by atoms with Crippen LogP contribution in [0.5, 0.6) is 0 Å². The van der Waals surface area contributed by atoms with Gasteiger partial charge in [0.25, 0.3) is 5.91 Å². The molecule has 41 heavy (non-hydrogen) atoms. The van der Waals surface area contributed by atoms with E-state index in [1.54, 1.807) is 0 Å². The van der Waals surface area contributed by atoms with E-state index in [2.05, 4.69) is 0 Å². The molecular weight excluding hydrogens is 645 g/mol. The summed E-state index contributed by atoms with van der Waals surface area (Å²) in [5.74, 6) is -7.20. The number of hydrogen-bond donors (Lipinski definition) is 0. The van der Waals surface area contributed by atoms with Crippen molar-refractivity contribution in [1.29, 1.82) is 0 Å². The monoisotopic (exact) mass is 660 g/mol. The Kier molecular flexibility index (Phi) is 10.6. The van der Waals surface area contributed by atoms with Crippen LogP contribution in [0.3, 0.4) is 0 Å². The van der Waals surface area contributed by atoms with Crippen LogP contribution in [0.15, 0.2) is 36.4 Å². The van der Waals surface area contributed by atoms with Gasteiger partial charge in [-0.15, -0.1) is 0 Å². The normalized spacial score (nSPS) is 13.7. The van der Waals surface area contributed by atoms with E-state index in [1.807, 2.05) is 0 Å². The highest BCUT2D eigenvalue weighted by atomic mass is 35.5. The first-order valence-corrected chi connectivity index (χ1v) is 12.0. The van der Waals surface area contributed by atoms with Crippen LogP contribution in [-0.2, 0) is 11.0 Å². The summed E-state index contributed by atoms with van der Waals surface area (Å²) in [7, 11) is 1.60. The van der Waals surface area contributed by atoms with E-state index < -0.39 is 87.5 Å². The van der Waals surface area contributed by atoms with Crippen LogP contribution in [0.2, 0.25) is 15.1 Å². The molecule has 0 bridgehead atoms. The van der Waals surface area contributed by atoms with Gasteiger partial charge in [-0.2, -0.15) is 39.5 Å². The van der Waals surface area contributed by atoms with Crippen LogP contribution in [0.1, 0.15) is 33.0 Å². The van der Waals surface area contributed by atoms with Gasteiger partial charge in [0.1, 0.15) is 18.3 Å². The Morgan fingerprint density at radius 1 is 0.878 bits per heavy atom. The summed E-state index contributed by atoms with van der Waals surface area (Å²) < 4.78 is 135. The van der Waals surface area contributed by atoms with E-state index >= 15 is 4.39 Å². The maximum atomic E-state index is 15.0. The molecule has 0 aromatic heterocycles. The lowest BCUT2D eigenvalue weighted by atomic mass is 9.95. The van der Waals surface area contributed by atoms with Crippen LogP contribution in [0.25, 0.3) is 5.83 Å². The maximum Gasteiger partial charge on any atom is 0.417 e. The Hall–Kier alpha value is -2.71. The van der Waals surface area contributed by atoms with Gasteiger partial charge in [-0.05, 0) is 35.9 Å². The van der Waals surface area contributed by atoms with Gasteiger partial charge in [0.05, 0.1) is 32.7 Å².